The van der Waals surface area contributed by atoms with Gasteiger partial charge in [0.2, 0.25) is 0 Å². The number of anilines is 3. The summed E-state index contributed by atoms with van der Waals surface area (Å²) in [6.07, 6.45) is 0. The predicted octanol–water partition coefficient (Wildman–Crippen LogP) is 19.6. The van der Waals surface area contributed by atoms with E-state index in [0.29, 0.717) is 0 Å². The van der Waals surface area contributed by atoms with Crippen molar-refractivity contribution in [1.82, 2.24) is 0 Å². The number of fused-ring (bicyclic) bond motifs is 10. The number of nitrogens with zero attached hydrogens (tertiary/aromatic N) is 1. The zero-order valence-corrected chi connectivity index (χ0v) is 38.6. The van der Waals surface area contributed by atoms with E-state index in [4.69, 9.17) is 8.83 Å². The first kappa shape index (κ1) is 40.6. The lowest BCUT2D eigenvalue weighted by atomic mass is 9.95. The standard InChI is InChI=1S/C68H43NO2/c1-3-14-44(15-4-1)45-26-28-46(29-27-45)47-30-36-53(37-31-47)69(55-40-34-50(35-41-55)62-43-51-18-7-9-20-56(51)64-59-22-11-12-25-63(59)70-67(62)64)54-38-32-49(33-39-54)58-23-13-24-60-65-57-21-10-8-19-52(57)42-61(68(65)71-66(58)60)48-16-5-2-6-17-48/h1-43H. The molecule has 0 spiro atoms. The number of rotatable bonds is 8. The minimum absolute atomic E-state index is 0.885. The molecule has 2 heterocycles. The Morgan fingerprint density at radius 1 is 0.239 bits per heavy atom. The first-order valence-electron chi connectivity index (χ1n) is 24.2. The van der Waals surface area contributed by atoms with Crippen molar-refractivity contribution in [2.45, 2.75) is 0 Å². The molecule has 0 unspecified atom stereocenters. The molecule has 12 aromatic carbocycles. The molecule has 332 valence electrons. The molecule has 0 aliphatic heterocycles. The van der Waals surface area contributed by atoms with Gasteiger partial charge < -0.3 is 13.7 Å². The molecule has 2 aromatic heterocycles. The molecule has 0 fully saturated rings. The zero-order valence-electron chi connectivity index (χ0n) is 38.6. The number of hydrogen-bond acceptors (Lipinski definition) is 3. The molecule has 71 heavy (non-hydrogen) atoms. The van der Waals surface area contributed by atoms with Crippen LogP contribution in [0.2, 0.25) is 0 Å². The van der Waals surface area contributed by atoms with Gasteiger partial charge in [-0.1, -0.05) is 206 Å². The van der Waals surface area contributed by atoms with Crippen LogP contribution in [0.5, 0.6) is 0 Å². The number of hydrogen-bond donors (Lipinski definition) is 0. The van der Waals surface area contributed by atoms with Gasteiger partial charge in [-0.25, -0.2) is 0 Å². The summed E-state index contributed by atoms with van der Waals surface area (Å²) in [4.78, 5) is 2.34. The molecule has 0 radical (unpaired) electrons. The minimum Gasteiger partial charge on any atom is -0.455 e. The largest absolute Gasteiger partial charge is 0.455 e. The van der Waals surface area contributed by atoms with E-state index in [0.717, 1.165) is 99.9 Å². The van der Waals surface area contributed by atoms with Crippen molar-refractivity contribution < 1.29 is 8.83 Å². The second-order valence-corrected chi connectivity index (χ2v) is 18.4. The van der Waals surface area contributed by atoms with Gasteiger partial charge in [0, 0.05) is 55.3 Å². The van der Waals surface area contributed by atoms with Crippen LogP contribution < -0.4 is 4.90 Å². The molecular formula is C68H43NO2. The third-order valence-electron chi connectivity index (χ3n) is 14.3. The molecular weight excluding hydrogens is 863 g/mol. The molecule has 0 saturated carbocycles. The lowest BCUT2D eigenvalue weighted by molar-refractivity contribution is 0.670. The highest BCUT2D eigenvalue weighted by Crippen LogP contribution is 2.46. The van der Waals surface area contributed by atoms with Crippen molar-refractivity contribution in [3.05, 3.63) is 261 Å². The minimum atomic E-state index is 0.885. The third kappa shape index (κ3) is 6.89. The van der Waals surface area contributed by atoms with E-state index in [1.807, 2.05) is 6.07 Å². The quantitative estimate of drug-likeness (QED) is 0.152. The van der Waals surface area contributed by atoms with Gasteiger partial charge in [0.05, 0.1) is 0 Å². The van der Waals surface area contributed by atoms with Crippen LogP contribution in [0.15, 0.2) is 270 Å². The molecule has 0 amide bonds. The van der Waals surface area contributed by atoms with E-state index in [1.54, 1.807) is 0 Å². The molecule has 0 aliphatic carbocycles. The summed E-state index contributed by atoms with van der Waals surface area (Å²) in [5, 5.41) is 9.29. The maximum absolute atomic E-state index is 7.02. The van der Waals surface area contributed by atoms with E-state index in [2.05, 4.69) is 260 Å². The second-order valence-electron chi connectivity index (χ2n) is 18.4. The maximum atomic E-state index is 7.02. The molecule has 3 nitrogen and oxygen atoms in total. The molecule has 14 rings (SSSR count). The van der Waals surface area contributed by atoms with Crippen molar-refractivity contribution in [1.29, 1.82) is 0 Å². The molecule has 0 bridgehead atoms. The van der Waals surface area contributed by atoms with Gasteiger partial charge in [-0.05, 0) is 115 Å². The Kier molecular flexibility index (Phi) is 9.53. The van der Waals surface area contributed by atoms with Crippen molar-refractivity contribution in [3.8, 4) is 55.6 Å². The van der Waals surface area contributed by atoms with Crippen LogP contribution in [-0.4, -0.2) is 0 Å². The van der Waals surface area contributed by atoms with Gasteiger partial charge in [0.1, 0.15) is 22.3 Å². The van der Waals surface area contributed by atoms with Crippen LogP contribution in [0.25, 0.3) is 121 Å². The Hall–Kier alpha value is -9.44. The molecule has 3 heteroatoms. The highest BCUT2D eigenvalue weighted by molar-refractivity contribution is 6.24. The Bertz CT molecular complexity index is 4280. The SMILES string of the molecule is c1ccc(-c2ccc(-c3ccc(N(c4ccc(-c5cccc6c5oc5c(-c7ccccc7)cc7ccccc7c56)cc4)c4ccc(-c5cc6ccccc6c6c5oc5ccccc56)cc4)cc3)cc2)cc1. The lowest BCUT2D eigenvalue weighted by Crippen LogP contribution is -2.09. The van der Waals surface area contributed by atoms with Gasteiger partial charge in [0.15, 0.2) is 0 Å². The van der Waals surface area contributed by atoms with Crippen LogP contribution in [0.4, 0.5) is 17.1 Å². The van der Waals surface area contributed by atoms with E-state index >= 15 is 0 Å². The van der Waals surface area contributed by atoms with Gasteiger partial charge >= 0.3 is 0 Å². The highest BCUT2D eigenvalue weighted by Gasteiger charge is 2.21. The van der Waals surface area contributed by atoms with Crippen LogP contribution in [0.3, 0.4) is 0 Å². The summed E-state index contributed by atoms with van der Waals surface area (Å²) in [6, 6.07) is 93.3. The Balaban J connectivity index is 0.874. The van der Waals surface area contributed by atoms with Gasteiger partial charge in [-0.2, -0.15) is 0 Å². The van der Waals surface area contributed by atoms with Crippen LogP contribution in [0, 0.1) is 0 Å². The molecule has 0 atom stereocenters. The topological polar surface area (TPSA) is 29.5 Å². The highest BCUT2D eigenvalue weighted by atomic mass is 16.3. The first-order valence-corrected chi connectivity index (χ1v) is 24.2. The Labute approximate surface area is 410 Å². The Morgan fingerprint density at radius 2 is 0.620 bits per heavy atom. The predicted molar refractivity (Wildman–Crippen MR) is 298 cm³/mol. The van der Waals surface area contributed by atoms with Gasteiger partial charge in [-0.3, -0.25) is 0 Å². The summed E-state index contributed by atoms with van der Waals surface area (Å²) in [5.74, 6) is 0. The maximum Gasteiger partial charge on any atom is 0.143 e. The van der Waals surface area contributed by atoms with E-state index in [9.17, 15) is 0 Å². The summed E-state index contributed by atoms with van der Waals surface area (Å²) in [5.41, 5.74) is 18.0. The fourth-order valence-corrected chi connectivity index (χ4v) is 10.8. The van der Waals surface area contributed by atoms with Crippen molar-refractivity contribution in [2.24, 2.45) is 0 Å². The monoisotopic (exact) mass is 905 g/mol. The van der Waals surface area contributed by atoms with Crippen molar-refractivity contribution in [3.63, 3.8) is 0 Å². The van der Waals surface area contributed by atoms with Gasteiger partial charge in [0.25, 0.3) is 0 Å². The summed E-state index contributed by atoms with van der Waals surface area (Å²) in [7, 11) is 0. The average Bonchev–Trinajstić information content (AvgIpc) is 4.05. The van der Waals surface area contributed by atoms with Crippen LogP contribution in [-0.2, 0) is 0 Å². The van der Waals surface area contributed by atoms with Crippen LogP contribution in [0.1, 0.15) is 0 Å². The summed E-state index contributed by atoms with van der Waals surface area (Å²) in [6.45, 7) is 0. The molecule has 0 aliphatic rings. The number of benzene rings is 12. The zero-order chi connectivity index (χ0) is 46.8. The molecule has 0 saturated heterocycles. The van der Waals surface area contributed by atoms with Crippen molar-refractivity contribution >= 4 is 82.5 Å². The average molecular weight is 906 g/mol. The van der Waals surface area contributed by atoms with Crippen LogP contribution >= 0.6 is 0 Å². The fraction of sp³-hybridized carbons (Fsp3) is 0. The third-order valence-corrected chi connectivity index (χ3v) is 14.3. The summed E-state index contributed by atoms with van der Waals surface area (Å²) >= 11 is 0. The fourth-order valence-electron chi connectivity index (χ4n) is 10.8. The first-order chi connectivity index (χ1) is 35.2. The molecule has 14 aromatic rings. The van der Waals surface area contributed by atoms with E-state index in [1.165, 1.54) is 38.2 Å². The normalized spacial score (nSPS) is 11.7. The molecule has 0 N–H and O–H groups in total. The van der Waals surface area contributed by atoms with Crippen molar-refractivity contribution in [2.75, 3.05) is 4.90 Å². The smallest absolute Gasteiger partial charge is 0.143 e. The second kappa shape index (κ2) is 16.7. The number of furan rings is 2. The van der Waals surface area contributed by atoms with E-state index in [-0.39, 0.29) is 0 Å². The summed E-state index contributed by atoms with van der Waals surface area (Å²) < 4.78 is 13.7. The van der Waals surface area contributed by atoms with E-state index < -0.39 is 0 Å². The Morgan fingerprint density at radius 3 is 1.18 bits per heavy atom. The van der Waals surface area contributed by atoms with Gasteiger partial charge in [-0.15, -0.1) is 0 Å². The number of para-hydroxylation sites is 2. The lowest BCUT2D eigenvalue weighted by Gasteiger charge is -2.26.